The zero-order valence-corrected chi connectivity index (χ0v) is 11.9. The van der Waals surface area contributed by atoms with Crippen LogP contribution in [-0.2, 0) is 6.42 Å². The summed E-state index contributed by atoms with van der Waals surface area (Å²) in [6, 6.07) is 7.38. The highest BCUT2D eigenvalue weighted by Crippen LogP contribution is 2.39. The van der Waals surface area contributed by atoms with E-state index in [2.05, 4.69) is 39.0 Å². The van der Waals surface area contributed by atoms with Crippen LogP contribution in [0.4, 0.5) is 0 Å². The van der Waals surface area contributed by atoms with Gasteiger partial charge in [0, 0.05) is 10.5 Å². The molecule has 3 rings (SSSR count). The zero-order chi connectivity index (χ0) is 11.7. The van der Waals surface area contributed by atoms with Crippen molar-refractivity contribution in [3.63, 3.8) is 0 Å². The van der Waals surface area contributed by atoms with Crippen LogP contribution in [-0.4, -0.2) is 18.0 Å². The lowest BCUT2D eigenvalue weighted by Crippen LogP contribution is -2.35. The van der Waals surface area contributed by atoms with E-state index in [4.69, 9.17) is 0 Å². The lowest BCUT2D eigenvalue weighted by Gasteiger charge is -2.38. The molecule has 0 radical (unpaired) electrons. The molecule has 1 aliphatic heterocycles. The molecule has 0 aromatic heterocycles. The van der Waals surface area contributed by atoms with E-state index < -0.39 is 0 Å². The minimum absolute atomic E-state index is 0.676. The molecule has 0 bridgehead atoms. The van der Waals surface area contributed by atoms with Crippen LogP contribution >= 0.6 is 15.9 Å². The van der Waals surface area contributed by atoms with Crippen LogP contribution in [0.2, 0.25) is 0 Å². The summed E-state index contributed by atoms with van der Waals surface area (Å²) in [7, 11) is 0. The monoisotopic (exact) mass is 293 g/mol. The first kappa shape index (κ1) is 11.7. The Labute approximate surface area is 112 Å². The molecule has 0 spiro atoms. The van der Waals surface area contributed by atoms with Gasteiger partial charge in [-0.05, 0) is 62.4 Å². The number of nitrogens with zero attached hydrogens (tertiary/aromatic N) is 1. The van der Waals surface area contributed by atoms with Gasteiger partial charge in [-0.1, -0.05) is 34.5 Å². The Morgan fingerprint density at radius 3 is 2.71 bits per heavy atom. The summed E-state index contributed by atoms with van der Waals surface area (Å²) in [6.45, 7) is 2.59. The normalized spacial score (nSPS) is 25.6. The highest BCUT2D eigenvalue weighted by atomic mass is 79.9. The third-order valence-electron chi connectivity index (χ3n) is 4.23. The molecule has 1 aromatic rings. The summed E-state index contributed by atoms with van der Waals surface area (Å²) >= 11 is 3.76. The molecule has 1 saturated heterocycles. The summed E-state index contributed by atoms with van der Waals surface area (Å²) in [5.41, 5.74) is 3.15. The highest BCUT2D eigenvalue weighted by Gasteiger charge is 2.28. The van der Waals surface area contributed by atoms with Crippen molar-refractivity contribution in [1.82, 2.24) is 4.90 Å². The minimum atomic E-state index is 0.676. The molecular formula is C15H20BrN. The van der Waals surface area contributed by atoms with Gasteiger partial charge in [0.15, 0.2) is 0 Å². The van der Waals surface area contributed by atoms with E-state index in [1.165, 1.54) is 56.1 Å². The van der Waals surface area contributed by atoms with Crippen LogP contribution in [0.3, 0.4) is 0 Å². The fourth-order valence-corrected chi connectivity index (χ4v) is 4.07. The van der Waals surface area contributed by atoms with Crippen molar-refractivity contribution in [3.8, 4) is 0 Å². The predicted molar refractivity (Wildman–Crippen MR) is 75.2 cm³/mol. The van der Waals surface area contributed by atoms with Crippen LogP contribution in [0.25, 0.3) is 0 Å². The van der Waals surface area contributed by atoms with Gasteiger partial charge in [0.25, 0.3) is 0 Å². The van der Waals surface area contributed by atoms with Crippen molar-refractivity contribution in [3.05, 3.63) is 33.8 Å². The van der Waals surface area contributed by atoms with E-state index in [9.17, 15) is 0 Å². The van der Waals surface area contributed by atoms with Gasteiger partial charge in [-0.3, -0.25) is 4.90 Å². The summed E-state index contributed by atoms with van der Waals surface area (Å²) in [5, 5.41) is 0. The number of benzene rings is 1. The molecule has 1 fully saturated rings. The van der Waals surface area contributed by atoms with Gasteiger partial charge in [-0.2, -0.15) is 0 Å². The van der Waals surface area contributed by atoms with Crippen LogP contribution in [0.5, 0.6) is 0 Å². The predicted octanol–water partition coefficient (Wildman–Crippen LogP) is 4.31. The number of hydrogen-bond donors (Lipinski definition) is 0. The third kappa shape index (κ3) is 2.30. The molecular weight excluding hydrogens is 274 g/mol. The molecule has 1 nitrogen and oxygen atoms in total. The summed E-state index contributed by atoms with van der Waals surface area (Å²) in [4.78, 5) is 2.71. The molecule has 92 valence electrons. The van der Waals surface area contributed by atoms with Gasteiger partial charge < -0.3 is 0 Å². The second-order valence-corrected chi connectivity index (χ2v) is 6.17. The van der Waals surface area contributed by atoms with Gasteiger partial charge in [0.1, 0.15) is 0 Å². The van der Waals surface area contributed by atoms with E-state index in [0.29, 0.717) is 6.04 Å². The number of rotatable bonds is 1. The summed E-state index contributed by atoms with van der Waals surface area (Å²) in [6.07, 6.45) is 8.15. The summed E-state index contributed by atoms with van der Waals surface area (Å²) < 4.78 is 1.32. The van der Waals surface area contributed by atoms with Crippen molar-refractivity contribution in [2.45, 2.75) is 44.6 Å². The van der Waals surface area contributed by atoms with Crippen molar-refractivity contribution in [1.29, 1.82) is 0 Å². The molecule has 1 aliphatic carbocycles. The van der Waals surface area contributed by atoms with Crippen molar-refractivity contribution in [2.24, 2.45) is 0 Å². The minimum Gasteiger partial charge on any atom is -0.296 e. The van der Waals surface area contributed by atoms with Gasteiger partial charge >= 0.3 is 0 Å². The molecule has 2 aliphatic rings. The van der Waals surface area contributed by atoms with Crippen LogP contribution < -0.4 is 0 Å². The van der Waals surface area contributed by atoms with Crippen molar-refractivity contribution < 1.29 is 0 Å². The molecule has 2 heteroatoms. The molecule has 0 amide bonds. The number of piperidine rings is 1. The fourth-order valence-electron chi connectivity index (χ4n) is 3.40. The lowest BCUT2D eigenvalue weighted by atomic mass is 9.86. The molecule has 1 heterocycles. The maximum Gasteiger partial charge on any atom is 0.0362 e. The Kier molecular flexibility index (Phi) is 3.53. The average Bonchev–Trinajstić information content (AvgIpc) is 2.39. The average molecular weight is 294 g/mol. The second-order valence-electron chi connectivity index (χ2n) is 5.32. The smallest absolute Gasteiger partial charge is 0.0362 e. The standard InChI is InChI=1S/C15H20BrN/c16-13-8-4-6-12-7-5-9-14(15(12)13)17-10-2-1-3-11-17/h4,6,8,14H,1-3,5,7,9-11H2. The largest absolute Gasteiger partial charge is 0.296 e. The van der Waals surface area contributed by atoms with Gasteiger partial charge in [0.2, 0.25) is 0 Å². The third-order valence-corrected chi connectivity index (χ3v) is 4.92. The number of fused-ring (bicyclic) bond motifs is 1. The first-order chi connectivity index (χ1) is 8.36. The topological polar surface area (TPSA) is 3.24 Å². The Morgan fingerprint density at radius 1 is 1.06 bits per heavy atom. The van der Waals surface area contributed by atoms with Gasteiger partial charge in [-0.25, -0.2) is 0 Å². The van der Waals surface area contributed by atoms with Gasteiger partial charge in [0.05, 0.1) is 0 Å². The zero-order valence-electron chi connectivity index (χ0n) is 10.3. The van der Waals surface area contributed by atoms with Crippen LogP contribution in [0, 0.1) is 0 Å². The highest BCUT2D eigenvalue weighted by molar-refractivity contribution is 9.10. The Morgan fingerprint density at radius 2 is 1.88 bits per heavy atom. The number of halogens is 1. The first-order valence-corrected chi connectivity index (χ1v) is 7.67. The van der Waals surface area contributed by atoms with Crippen molar-refractivity contribution >= 4 is 15.9 Å². The van der Waals surface area contributed by atoms with Crippen LogP contribution in [0.1, 0.15) is 49.3 Å². The summed E-state index contributed by atoms with van der Waals surface area (Å²) in [5.74, 6) is 0. The maximum absolute atomic E-state index is 3.76. The Hall–Kier alpha value is -0.340. The molecule has 1 aromatic carbocycles. The molecule has 0 N–H and O–H groups in total. The number of aryl methyl sites for hydroxylation is 1. The van der Waals surface area contributed by atoms with Crippen LogP contribution in [0.15, 0.2) is 22.7 Å². The van der Waals surface area contributed by atoms with E-state index in [1.807, 2.05) is 0 Å². The Bertz CT molecular complexity index is 396. The quantitative estimate of drug-likeness (QED) is 0.746. The van der Waals surface area contributed by atoms with Crippen molar-refractivity contribution in [2.75, 3.05) is 13.1 Å². The SMILES string of the molecule is Brc1cccc2c1C(N1CCCCC1)CCC2. The number of likely N-dealkylation sites (tertiary alicyclic amines) is 1. The lowest BCUT2D eigenvalue weighted by molar-refractivity contribution is 0.148. The molecule has 0 saturated carbocycles. The van der Waals surface area contributed by atoms with Gasteiger partial charge in [-0.15, -0.1) is 0 Å². The number of hydrogen-bond acceptors (Lipinski definition) is 1. The van der Waals surface area contributed by atoms with E-state index in [0.717, 1.165) is 0 Å². The fraction of sp³-hybridized carbons (Fsp3) is 0.600. The van der Waals surface area contributed by atoms with E-state index in [1.54, 1.807) is 11.1 Å². The second kappa shape index (κ2) is 5.11. The molecule has 17 heavy (non-hydrogen) atoms. The van der Waals surface area contributed by atoms with E-state index >= 15 is 0 Å². The Balaban J connectivity index is 1.92. The molecule has 1 unspecified atom stereocenters. The molecule has 1 atom stereocenters. The van der Waals surface area contributed by atoms with E-state index in [-0.39, 0.29) is 0 Å². The maximum atomic E-state index is 3.76. The first-order valence-electron chi connectivity index (χ1n) is 6.87.